The lowest BCUT2D eigenvalue weighted by Gasteiger charge is -2.13. The third-order valence-corrected chi connectivity index (χ3v) is 5.94. The number of carbonyl (C=O) groups is 1. The van der Waals surface area contributed by atoms with E-state index in [9.17, 15) is 4.79 Å². The topological polar surface area (TPSA) is 44.8 Å². The van der Waals surface area contributed by atoms with Crippen LogP contribution in [0.25, 0.3) is 11.1 Å². The number of para-hydroxylation sites is 2. The zero-order valence-electron chi connectivity index (χ0n) is 21.6. The molecule has 0 aliphatic heterocycles. The van der Waals surface area contributed by atoms with E-state index in [0.29, 0.717) is 23.7 Å². The number of benzene rings is 3. The predicted octanol–water partition coefficient (Wildman–Crippen LogP) is 8.44. The van der Waals surface area contributed by atoms with Gasteiger partial charge in [0.15, 0.2) is 11.5 Å². The van der Waals surface area contributed by atoms with Crippen LogP contribution in [-0.4, -0.2) is 19.2 Å². The van der Waals surface area contributed by atoms with Crippen molar-refractivity contribution >= 4 is 5.97 Å². The lowest BCUT2D eigenvalue weighted by Crippen LogP contribution is -2.09. The third kappa shape index (κ3) is 8.01. The highest BCUT2D eigenvalue weighted by atomic mass is 16.6. The fourth-order valence-electron chi connectivity index (χ4n) is 3.89. The number of unbranched alkanes of at least 4 members (excludes halogenated alkanes) is 4. The zero-order chi connectivity index (χ0) is 25.6. The maximum absolute atomic E-state index is 12.8. The normalized spacial score (nSPS) is 10.6. The van der Waals surface area contributed by atoms with Crippen LogP contribution in [0.1, 0.15) is 68.3 Å². The molecule has 0 heterocycles. The molecule has 36 heavy (non-hydrogen) atoms. The van der Waals surface area contributed by atoms with Crippen molar-refractivity contribution in [3.8, 4) is 28.4 Å². The minimum Gasteiger partial charge on any atom is -0.493 e. The Morgan fingerprint density at radius 1 is 0.750 bits per heavy atom. The number of hydrogen-bond donors (Lipinski definition) is 0. The second-order valence-electron chi connectivity index (χ2n) is 8.84. The molecule has 190 valence electrons. The van der Waals surface area contributed by atoms with Crippen LogP contribution >= 0.6 is 0 Å². The van der Waals surface area contributed by atoms with Gasteiger partial charge in [-0.15, -0.1) is 6.58 Å². The molecular formula is C32H38O4. The van der Waals surface area contributed by atoms with Crippen molar-refractivity contribution in [3.05, 3.63) is 90.5 Å². The highest BCUT2D eigenvalue weighted by molar-refractivity contribution is 5.92. The Bertz CT molecular complexity index is 1100. The molecule has 0 fully saturated rings. The number of esters is 1. The summed E-state index contributed by atoms with van der Waals surface area (Å²) in [6.07, 6.45) is 9.23. The molecule has 4 heteroatoms. The zero-order valence-corrected chi connectivity index (χ0v) is 21.6. The van der Waals surface area contributed by atoms with Crippen LogP contribution < -0.4 is 14.2 Å². The summed E-state index contributed by atoms with van der Waals surface area (Å²) in [5.41, 5.74) is 3.69. The van der Waals surface area contributed by atoms with Gasteiger partial charge in [-0.25, -0.2) is 4.79 Å². The first-order valence-electron chi connectivity index (χ1n) is 13.1. The summed E-state index contributed by atoms with van der Waals surface area (Å²) in [6.45, 7) is 9.56. The van der Waals surface area contributed by atoms with Crippen LogP contribution in [0.5, 0.6) is 17.2 Å². The summed E-state index contributed by atoms with van der Waals surface area (Å²) in [4.78, 5) is 12.8. The first kappa shape index (κ1) is 27.1. The van der Waals surface area contributed by atoms with Crippen LogP contribution in [0, 0.1) is 0 Å². The van der Waals surface area contributed by atoms with Gasteiger partial charge in [0.1, 0.15) is 5.75 Å². The lowest BCUT2D eigenvalue weighted by atomic mass is 10.00. The Balaban J connectivity index is 1.68. The number of allylic oxidation sites excluding steroid dienone is 1. The molecule has 0 saturated carbocycles. The van der Waals surface area contributed by atoms with E-state index in [1.807, 2.05) is 42.5 Å². The summed E-state index contributed by atoms with van der Waals surface area (Å²) in [7, 11) is 0. The summed E-state index contributed by atoms with van der Waals surface area (Å²) in [5.74, 6) is 1.52. The number of rotatable bonds is 15. The van der Waals surface area contributed by atoms with Crippen molar-refractivity contribution in [3.63, 3.8) is 0 Å². The van der Waals surface area contributed by atoms with Gasteiger partial charge in [-0.2, -0.15) is 0 Å². The van der Waals surface area contributed by atoms with Gasteiger partial charge in [-0.3, -0.25) is 0 Å². The fourth-order valence-corrected chi connectivity index (χ4v) is 3.89. The molecule has 3 aromatic rings. The molecule has 0 aliphatic carbocycles. The average Bonchev–Trinajstić information content (AvgIpc) is 2.91. The van der Waals surface area contributed by atoms with Gasteiger partial charge in [0.05, 0.1) is 18.8 Å². The van der Waals surface area contributed by atoms with E-state index in [4.69, 9.17) is 14.2 Å². The van der Waals surface area contributed by atoms with Gasteiger partial charge >= 0.3 is 5.97 Å². The summed E-state index contributed by atoms with van der Waals surface area (Å²) in [5, 5.41) is 0. The van der Waals surface area contributed by atoms with E-state index in [-0.39, 0.29) is 0 Å². The average molecular weight is 487 g/mol. The van der Waals surface area contributed by atoms with Gasteiger partial charge in [0.2, 0.25) is 0 Å². The molecule has 0 bridgehead atoms. The van der Waals surface area contributed by atoms with Crippen molar-refractivity contribution in [2.75, 3.05) is 13.2 Å². The van der Waals surface area contributed by atoms with Crippen LogP contribution in [0.4, 0.5) is 0 Å². The van der Waals surface area contributed by atoms with E-state index in [1.165, 1.54) is 12.8 Å². The Hall–Kier alpha value is -3.53. The standard InChI is InChI=1S/C32H38O4/c1-4-7-11-22-34-29-21-20-27(24-28(29)13-6-3)25-16-18-26(19-17-25)32(33)36-31-15-10-9-14-30(31)35-23-12-8-5-2/h6,9-10,14-21,24H,3-5,7-8,11-13,22-23H2,1-2H3. The Kier molecular flexibility index (Phi) is 11.1. The molecule has 0 aliphatic rings. The SMILES string of the molecule is C=CCc1cc(-c2ccc(C(=O)Oc3ccccc3OCCCCC)cc2)ccc1OCCCCC. The predicted molar refractivity (Wildman–Crippen MR) is 147 cm³/mol. The summed E-state index contributed by atoms with van der Waals surface area (Å²) >= 11 is 0. The smallest absolute Gasteiger partial charge is 0.343 e. The Morgan fingerprint density at radius 2 is 1.36 bits per heavy atom. The highest BCUT2D eigenvalue weighted by Gasteiger charge is 2.13. The molecule has 0 saturated heterocycles. The molecule has 0 atom stereocenters. The first-order chi connectivity index (χ1) is 17.7. The van der Waals surface area contributed by atoms with Gasteiger partial charge in [-0.05, 0) is 72.4 Å². The summed E-state index contributed by atoms with van der Waals surface area (Å²) < 4.78 is 17.5. The number of hydrogen-bond acceptors (Lipinski definition) is 4. The van der Waals surface area contributed by atoms with Gasteiger partial charge in [-0.1, -0.05) is 75.9 Å². The summed E-state index contributed by atoms with van der Waals surface area (Å²) in [6, 6.07) is 21.0. The first-order valence-corrected chi connectivity index (χ1v) is 13.1. The van der Waals surface area contributed by atoms with Crippen molar-refractivity contribution in [2.24, 2.45) is 0 Å². The van der Waals surface area contributed by atoms with Crippen molar-refractivity contribution < 1.29 is 19.0 Å². The molecule has 0 aromatic heterocycles. The molecule has 0 unspecified atom stereocenters. The van der Waals surface area contributed by atoms with Crippen molar-refractivity contribution in [1.29, 1.82) is 0 Å². The minimum atomic E-state index is -0.408. The van der Waals surface area contributed by atoms with E-state index in [0.717, 1.165) is 61.2 Å². The van der Waals surface area contributed by atoms with Crippen LogP contribution in [-0.2, 0) is 6.42 Å². The number of ether oxygens (including phenoxy) is 3. The van der Waals surface area contributed by atoms with Gasteiger partial charge in [0.25, 0.3) is 0 Å². The largest absolute Gasteiger partial charge is 0.493 e. The van der Waals surface area contributed by atoms with E-state index >= 15 is 0 Å². The molecule has 0 spiro atoms. The third-order valence-electron chi connectivity index (χ3n) is 5.94. The van der Waals surface area contributed by atoms with Gasteiger partial charge < -0.3 is 14.2 Å². The molecule has 4 nitrogen and oxygen atoms in total. The van der Waals surface area contributed by atoms with Crippen LogP contribution in [0.2, 0.25) is 0 Å². The minimum absolute atomic E-state index is 0.408. The van der Waals surface area contributed by atoms with E-state index in [2.05, 4.69) is 32.6 Å². The molecule has 0 radical (unpaired) electrons. The second kappa shape index (κ2) is 14.8. The van der Waals surface area contributed by atoms with Crippen LogP contribution in [0.15, 0.2) is 79.4 Å². The monoisotopic (exact) mass is 486 g/mol. The Labute approximate surface area is 215 Å². The highest BCUT2D eigenvalue weighted by Crippen LogP contribution is 2.30. The van der Waals surface area contributed by atoms with Crippen LogP contribution in [0.3, 0.4) is 0 Å². The molecule has 3 rings (SSSR count). The fraction of sp³-hybridized carbons (Fsp3) is 0.344. The molecule has 0 amide bonds. The van der Waals surface area contributed by atoms with E-state index < -0.39 is 5.97 Å². The number of carbonyl (C=O) groups excluding carboxylic acids is 1. The molecular weight excluding hydrogens is 448 g/mol. The van der Waals surface area contributed by atoms with Crippen molar-refractivity contribution in [1.82, 2.24) is 0 Å². The maximum atomic E-state index is 12.8. The molecule has 0 N–H and O–H groups in total. The maximum Gasteiger partial charge on any atom is 0.343 e. The molecule has 3 aromatic carbocycles. The van der Waals surface area contributed by atoms with E-state index in [1.54, 1.807) is 18.2 Å². The lowest BCUT2D eigenvalue weighted by molar-refractivity contribution is 0.0728. The van der Waals surface area contributed by atoms with Crippen molar-refractivity contribution in [2.45, 2.75) is 58.8 Å². The Morgan fingerprint density at radius 3 is 2.00 bits per heavy atom. The second-order valence-corrected chi connectivity index (χ2v) is 8.84. The van der Waals surface area contributed by atoms with Gasteiger partial charge in [0, 0.05) is 0 Å². The quantitative estimate of drug-likeness (QED) is 0.0935.